The molecular weight excluding hydrogens is 302 g/mol. The first-order chi connectivity index (χ1) is 10.3. The van der Waals surface area contributed by atoms with E-state index in [2.05, 4.69) is 16.4 Å². The van der Waals surface area contributed by atoms with Crippen molar-refractivity contribution < 1.29 is 4.79 Å². The molecule has 0 N–H and O–H groups in total. The molecule has 2 heterocycles. The van der Waals surface area contributed by atoms with Crippen LogP contribution in [0.4, 0.5) is 0 Å². The zero-order valence-electron chi connectivity index (χ0n) is 11.4. The fraction of sp³-hybridized carbons (Fsp3) is 0.133. The molecule has 4 nitrogen and oxygen atoms in total. The summed E-state index contributed by atoms with van der Waals surface area (Å²) in [5.74, 6) is 0. The third-order valence-corrected chi connectivity index (χ3v) is 4.73. The van der Waals surface area contributed by atoms with Crippen molar-refractivity contribution in [2.45, 2.75) is 11.3 Å². The van der Waals surface area contributed by atoms with Gasteiger partial charge in [0.15, 0.2) is 6.29 Å². The summed E-state index contributed by atoms with van der Waals surface area (Å²) in [6.45, 7) is 0. The van der Waals surface area contributed by atoms with E-state index in [4.69, 9.17) is 0 Å². The SMILES string of the molecule is CSc1cccc(-n2nnc(C=O)c2Cc2cccs2)c1. The summed E-state index contributed by atoms with van der Waals surface area (Å²) in [5, 5.41) is 10.2. The molecule has 0 aliphatic rings. The fourth-order valence-electron chi connectivity index (χ4n) is 2.10. The smallest absolute Gasteiger partial charge is 0.172 e. The lowest BCUT2D eigenvalue weighted by atomic mass is 10.2. The summed E-state index contributed by atoms with van der Waals surface area (Å²) in [6.07, 6.45) is 3.46. The van der Waals surface area contributed by atoms with E-state index in [9.17, 15) is 4.79 Å². The molecule has 0 radical (unpaired) electrons. The minimum atomic E-state index is 0.401. The van der Waals surface area contributed by atoms with E-state index >= 15 is 0 Å². The van der Waals surface area contributed by atoms with E-state index in [1.54, 1.807) is 27.8 Å². The van der Waals surface area contributed by atoms with Gasteiger partial charge in [0.1, 0.15) is 5.69 Å². The molecular formula is C15H13N3OS2. The Morgan fingerprint density at radius 1 is 1.33 bits per heavy atom. The molecule has 0 aliphatic carbocycles. The molecule has 0 spiro atoms. The Labute approximate surface area is 130 Å². The summed E-state index contributed by atoms with van der Waals surface area (Å²) in [4.78, 5) is 13.5. The van der Waals surface area contributed by atoms with Gasteiger partial charge < -0.3 is 0 Å². The number of aromatic nitrogens is 3. The van der Waals surface area contributed by atoms with Crippen LogP contribution in [0.3, 0.4) is 0 Å². The Morgan fingerprint density at radius 3 is 2.95 bits per heavy atom. The van der Waals surface area contributed by atoms with Crippen molar-refractivity contribution >= 4 is 29.4 Å². The number of aldehydes is 1. The summed E-state index contributed by atoms with van der Waals surface area (Å²) < 4.78 is 1.75. The zero-order valence-corrected chi connectivity index (χ0v) is 13.0. The van der Waals surface area contributed by atoms with E-state index in [0.29, 0.717) is 12.1 Å². The van der Waals surface area contributed by atoms with Gasteiger partial charge in [-0.2, -0.15) is 0 Å². The number of thioether (sulfide) groups is 1. The van der Waals surface area contributed by atoms with E-state index in [0.717, 1.165) is 22.6 Å². The van der Waals surface area contributed by atoms with Crippen molar-refractivity contribution in [1.29, 1.82) is 0 Å². The fourth-order valence-corrected chi connectivity index (χ4v) is 3.26. The Kier molecular flexibility index (Phi) is 4.17. The van der Waals surface area contributed by atoms with E-state index in [-0.39, 0.29) is 0 Å². The van der Waals surface area contributed by atoms with Gasteiger partial charge in [0.05, 0.1) is 11.4 Å². The third kappa shape index (κ3) is 2.91. The predicted octanol–water partition coefficient (Wildman–Crippen LogP) is 3.45. The van der Waals surface area contributed by atoms with Gasteiger partial charge in [-0.3, -0.25) is 4.79 Å². The average Bonchev–Trinajstić information content (AvgIpc) is 3.17. The molecule has 0 saturated heterocycles. The molecule has 6 heteroatoms. The lowest BCUT2D eigenvalue weighted by Gasteiger charge is -2.07. The van der Waals surface area contributed by atoms with Crippen LogP contribution in [-0.2, 0) is 6.42 Å². The molecule has 0 saturated carbocycles. The van der Waals surface area contributed by atoms with Gasteiger partial charge in [-0.25, -0.2) is 4.68 Å². The largest absolute Gasteiger partial charge is 0.296 e. The number of thiophene rings is 1. The molecule has 0 fully saturated rings. The zero-order chi connectivity index (χ0) is 14.7. The van der Waals surface area contributed by atoms with Gasteiger partial charge in [-0.15, -0.1) is 28.2 Å². The van der Waals surface area contributed by atoms with Crippen LogP contribution < -0.4 is 0 Å². The molecule has 0 aliphatic heterocycles. The first-order valence-corrected chi connectivity index (χ1v) is 8.49. The second-order valence-electron chi connectivity index (χ2n) is 4.41. The van der Waals surface area contributed by atoms with Crippen LogP contribution in [0.1, 0.15) is 21.1 Å². The molecule has 3 aromatic rings. The molecule has 1 aromatic carbocycles. The molecule has 0 atom stereocenters. The van der Waals surface area contributed by atoms with Crippen LogP contribution in [0.25, 0.3) is 5.69 Å². The van der Waals surface area contributed by atoms with Crippen LogP contribution in [0.15, 0.2) is 46.7 Å². The van der Waals surface area contributed by atoms with Crippen LogP contribution >= 0.6 is 23.1 Å². The number of hydrogen-bond donors (Lipinski definition) is 0. The van der Waals surface area contributed by atoms with Crippen LogP contribution in [0, 0.1) is 0 Å². The lowest BCUT2D eigenvalue weighted by Crippen LogP contribution is -2.04. The van der Waals surface area contributed by atoms with Crippen molar-refractivity contribution in [2.24, 2.45) is 0 Å². The summed E-state index contributed by atoms with van der Waals surface area (Å²) in [6, 6.07) is 12.1. The van der Waals surface area contributed by atoms with Crippen molar-refractivity contribution in [2.75, 3.05) is 6.26 Å². The maximum atomic E-state index is 11.2. The number of carbonyl (C=O) groups excluding carboxylic acids is 1. The van der Waals surface area contributed by atoms with E-state index in [1.165, 1.54) is 4.88 Å². The highest BCUT2D eigenvalue weighted by molar-refractivity contribution is 7.98. The van der Waals surface area contributed by atoms with Gasteiger partial charge in [-0.05, 0) is 35.9 Å². The third-order valence-electron chi connectivity index (χ3n) is 3.12. The van der Waals surface area contributed by atoms with E-state index in [1.807, 2.05) is 42.0 Å². The number of hydrogen-bond acceptors (Lipinski definition) is 5. The quantitative estimate of drug-likeness (QED) is 0.534. The Bertz CT molecular complexity index is 750. The van der Waals surface area contributed by atoms with Crippen LogP contribution in [0.2, 0.25) is 0 Å². The Balaban J connectivity index is 2.05. The summed E-state index contributed by atoms with van der Waals surface area (Å²) in [7, 11) is 0. The van der Waals surface area contributed by atoms with Crippen molar-refractivity contribution in [3.8, 4) is 5.69 Å². The normalized spacial score (nSPS) is 10.7. The number of nitrogens with zero attached hydrogens (tertiary/aromatic N) is 3. The maximum Gasteiger partial charge on any atom is 0.172 e. The maximum absolute atomic E-state index is 11.2. The second-order valence-corrected chi connectivity index (χ2v) is 6.32. The molecule has 106 valence electrons. The minimum Gasteiger partial charge on any atom is -0.296 e. The lowest BCUT2D eigenvalue weighted by molar-refractivity contribution is 0.111. The second kappa shape index (κ2) is 6.24. The van der Waals surface area contributed by atoms with Crippen molar-refractivity contribution in [3.63, 3.8) is 0 Å². The Hall–Kier alpha value is -1.92. The van der Waals surface area contributed by atoms with Crippen LogP contribution in [0.5, 0.6) is 0 Å². The van der Waals surface area contributed by atoms with Crippen molar-refractivity contribution in [3.05, 3.63) is 58.0 Å². The molecule has 2 aromatic heterocycles. The molecule has 3 rings (SSSR count). The monoisotopic (exact) mass is 315 g/mol. The van der Waals surface area contributed by atoms with Gasteiger partial charge >= 0.3 is 0 Å². The highest BCUT2D eigenvalue weighted by Gasteiger charge is 2.15. The van der Waals surface area contributed by atoms with E-state index < -0.39 is 0 Å². The molecule has 0 unspecified atom stereocenters. The molecule has 0 bridgehead atoms. The molecule has 21 heavy (non-hydrogen) atoms. The highest BCUT2D eigenvalue weighted by atomic mass is 32.2. The topological polar surface area (TPSA) is 47.8 Å². The van der Waals surface area contributed by atoms with Gasteiger partial charge in [0.2, 0.25) is 0 Å². The first-order valence-electron chi connectivity index (χ1n) is 6.38. The number of rotatable bonds is 5. The Morgan fingerprint density at radius 2 is 2.24 bits per heavy atom. The number of carbonyl (C=O) groups is 1. The highest BCUT2D eigenvalue weighted by Crippen LogP contribution is 2.22. The standard InChI is InChI=1S/C15H13N3OS2/c1-20-12-5-2-4-11(8-12)18-15(14(10-19)16-17-18)9-13-6-3-7-21-13/h2-8,10H,9H2,1H3. The van der Waals surface area contributed by atoms with Gasteiger partial charge in [0.25, 0.3) is 0 Å². The first kappa shape index (κ1) is 14.0. The number of benzene rings is 1. The van der Waals surface area contributed by atoms with Gasteiger partial charge in [-0.1, -0.05) is 17.3 Å². The van der Waals surface area contributed by atoms with Crippen molar-refractivity contribution in [1.82, 2.24) is 15.0 Å². The predicted molar refractivity (Wildman–Crippen MR) is 85.7 cm³/mol. The summed E-state index contributed by atoms with van der Waals surface area (Å²) >= 11 is 3.34. The summed E-state index contributed by atoms with van der Waals surface area (Å²) in [5.41, 5.74) is 2.15. The van der Waals surface area contributed by atoms with Crippen LogP contribution in [-0.4, -0.2) is 27.5 Å². The minimum absolute atomic E-state index is 0.401. The van der Waals surface area contributed by atoms with Gasteiger partial charge in [0, 0.05) is 16.2 Å². The average molecular weight is 315 g/mol. The molecule has 0 amide bonds.